The summed E-state index contributed by atoms with van der Waals surface area (Å²) >= 11 is 0. The minimum atomic E-state index is -0.105. The third kappa shape index (κ3) is 3.10. The highest BCUT2D eigenvalue weighted by atomic mass is 15.1. The van der Waals surface area contributed by atoms with Crippen molar-refractivity contribution in [3.63, 3.8) is 0 Å². The van der Waals surface area contributed by atoms with Gasteiger partial charge in [-0.2, -0.15) is 10.5 Å². The molecule has 16 heavy (non-hydrogen) atoms. The Labute approximate surface area is 96.1 Å². The fraction of sp³-hybridized carbons (Fsp3) is 0.583. The molecule has 1 rings (SSSR count). The molecule has 1 aromatic heterocycles. The number of rotatable bonds is 5. The number of nitrogens with zero attached hydrogens (tertiary/aromatic N) is 4. The second-order valence-electron chi connectivity index (χ2n) is 4.12. The van der Waals surface area contributed by atoms with Crippen LogP contribution in [-0.2, 0) is 6.54 Å². The third-order valence-corrected chi connectivity index (χ3v) is 2.47. The molecule has 0 spiro atoms. The molecular formula is C12H16N4. The smallest absolute Gasteiger partial charge is 0.111 e. The van der Waals surface area contributed by atoms with Crippen molar-refractivity contribution in [1.29, 1.82) is 10.5 Å². The second-order valence-corrected chi connectivity index (χ2v) is 4.12. The van der Waals surface area contributed by atoms with E-state index in [0.717, 1.165) is 5.82 Å². The van der Waals surface area contributed by atoms with Gasteiger partial charge in [0, 0.05) is 31.3 Å². The molecule has 4 nitrogen and oxygen atoms in total. The van der Waals surface area contributed by atoms with Crippen LogP contribution in [0.3, 0.4) is 0 Å². The number of hydrogen-bond donors (Lipinski definition) is 0. The van der Waals surface area contributed by atoms with Gasteiger partial charge in [-0.3, -0.25) is 0 Å². The summed E-state index contributed by atoms with van der Waals surface area (Å²) in [5.74, 6) is 1.24. The Morgan fingerprint density at radius 1 is 1.44 bits per heavy atom. The van der Waals surface area contributed by atoms with Crippen LogP contribution in [0.25, 0.3) is 0 Å². The summed E-state index contributed by atoms with van der Waals surface area (Å²) in [5, 5.41) is 17.5. The molecule has 84 valence electrons. The van der Waals surface area contributed by atoms with Crippen molar-refractivity contribution in [2.45, 2.75) is 39.2 Å². The van der Waals surface area contributed by atoms with Gasteiger partial charge in [0.1, 0.15) is 5.82 Å². The molecule has 0 aliphatic carbocycles. The molecule has 0 saturated heterocycles. The van der Waals surface area contributed by atoms with Crippen molar-refractivity contribution < 1.29 is 0 Å². The van der Waals surface area contributed by atoms with Crippen LogP contribution in [0.15, 0.2) is 12.4 Å². The lowest BCUT2D eigenvalue weighted by atomic mass is 10.1. The highest BCUT2D eigenvalue weighted by Gasteiger charge is 2.12. The maximum atomic E-state index is 8.99. The topological polar surface area (TPSA) is 65.4 Å². The number of imidazole rings is 1. The Morgan fingerprint density at radius 3 is 2.75 bits per heavy atom. The molecule has 0 aromatic carbocycles. The maximum Gasteiger partial charge on any atom is 0.111 e. The largest absolute Gasteiger partial charge is 0.333 e. The van der Waals surface area contributed by atoms with E-state index in [9.17, 15) is 0 Å². The van der Waals surface area contributed by atoms with Gasteiger partial charge < -0.3 is 4.57 Å². The summed E-state index contributed by atoms with van der Waals surface area (Å²) in [6.45, 7) is 4.79. The molecule has 1 atom stereocenters. The van der Waals surface area contributed by atoms with Crippen LogP contribution >= 0.6 is 0 Å². The Morgan fingerprint density at radius 2 is 2.19 bits per heavy atom. The van der Waals surface area contributed by atoms with Crippen LogP contribution in [0.4, 0.5) is 0 Å². The van der Waals surface area contributed by atoms with E-state index >= 15 is 0 Å². The van der Waals surface area contributed by atoms with Crippen LogP contribution in [0.5, 0.6) is 0 Å². The van der Waals surface area contributed by atoms with E-state index < -0.39 is 0 Å². The van der Waals surface area contributed by atoms with E-state index in [1.165, 1.54) is 0 Å². The molecule has 0 amide bonds. The highest BCUT2D eigenvalue weighted by molar-refractivity contribution is 4.99. The lowest BCUT2D eigenvalue weighted by Gasteiger charge is -2.13. The molecule has 0 N–H and O–H groups in total. The van der Waals surface area contributed by atoms with Crippen LogP contribution < -0.4 is 0 Å². The summed E-state index contributed by atoms with van der Waals surface area (Å²) < 4.78 is 2.01. The predicted molar refractivity (Wildman–Crippen MR) is 60.3 cm³/mol. The van der Waals surface area contributed by atoms with Crippen molar-refractivity contribution in [1.82, 2.24) is 9.55 Å². The average Bonchev–Trinajstić information content (AvgIpc) is 2.72. The van der Waals surface area contributed by atoms with Crippen molar-refractivity contribution in [2.24, 2.45) is 5.92 Å². The summed E-state index contributed by atoms with van der Waals surface area (Å²) in [4.78, 5) is 4.27. The summed E-state index contributed by atoms with van der Waals surface area (Å²) in [6, 6.07) is 4.32. The Kier molecular flexibility index (Phi) is 4.54. The van der Waals surface area contributed by atoms with Crippen molar-refractivity contribution >= 4 is 0 Å². The molecular weight excluding hydrogens is 200 g/mol. The van der Waals surface area contributed by atoms with E-state index in [0.29, 0.717) is 25.3 Å². The third-order valence-electron chi connectivity index (χ3n) is 2.47. The van der Waals surface area contributed by atoms with Gasteiger partial charge >= 0.3 is 0 Å². The van der Waals surface area contributed by atoms with Gasteiger partial charge in [0.15, 0.2) is 0 Å². The normalized spacial score (nSPS) is 12.1. The van der Waals surface area contributed by atoms with Gasteiger partial charge in [0.2, 0.25) is 0 Å². The molecule has 4 heteroatoms. The maximum absolute atomic E-state index is 8.99. The quantitative estimate of drug-likeness (QED) is 0.759. The minimum Gasteiger partial charge on any atom is -0.333 e. The van der Waals surface area contributed by atoms with Crippen LogP contribution in [0.2, 0.25) is 0 Å². The van der Waals surface area contributed by atoms with Crippen LogP contribution in [0.1, 0.15) is 38.4 Å². The van der Waals surface area contributed by atoms with Gasteiger partial charge in [-0.25, -0.2) is 4.98 Å². The van der Waals surface area contributed by atoms with Crippen LogP contribution in [0, 0.1) is 28.6 Å². The standard InChI is InChI=1S/C12H16N4/c1-10(2)12-15-6-7-16(12)9-11(8-14)4-3-5-13/h6-7,10-11H,3-4,9H2,1-2H3. The zero-order valence-corrected chi connectivity index (χ0v) is 9.72. The van der Waals surface area contributed by atoms with Crippen LogP contribution in [-0.4, -0.2) is 9.55 Å². The van der Waals surface area contributed by atoms with E-state index in [4.69, 9.17) is 10.5 Å². The zero-order valence-electron chi connectivity index (χ0n) is 9.72. The molecule has 0 aliphatic rings. The minimum absolute atomic E-state index is 0.105. The van der Waals surface area contributed by atoms with Crippen molar-refractivity contribution in [3.05, 3.63) is 18.2 Å². The van der Waals surface area contributed by atoms with Crippen molar-refractivity contribution in [3.8, 4) is 12.1 Å². The Balaban J connectivity index is 2.68. The molecule has 0 saturated carbocycles. The van der Waals surface area contributed by atoms with Gasteiger partial charge in [0.25, 0.3) is 0 Å². The molecule has 0 radical (unpaired) electrons. The molecule has 0 bridgehead atoms. The first-order chi connectivity index (χ1) is 7.69. The lowest BCUT2D eigenvalue weighted by molar-refractivity contribution is 0.490. The molecule has 0 aliphatic heterocycles. The van der Waals surface area contributed by atoms with Crippen molar-refractivity contribution in [2.75, 3.05) is 0 Å². The predicted octanol–water partition coefficient (Wildman–Crippen LogP) is 2.45. The summed E-state index contributed by atoms with van der Waals surface area (Å²) in [6.07, 6.45) is 4.72. The first-order valence-corrected chi connectivity index (χ1v) is 5.46. The SMILES string of the molecule is CC(C)c1nccn1CC(C#N)CCC#N. The van der Waals surface area contributed by atoms with Gasteiger partial charge in [-0.1, -0.05) is 13.8 Å². The Bertz CT molecular complexity index is 405. The van der Waals surface area contributed by atoms with E-state index in [2.05, 4.69) is 31.0 Å². The summed E-state index contributed by atoms with van der Waals surface area (Å²) in [5.41, 5.74) is 0. The van der Waals surface area contributed by atoms with Gasteiger partial charge in [-0.05, 0) is 6.42 Å². The Hall–Kier alpha value is -1.81. The molecule has 1 heterocycles. The molecule has 1 aromatic rings. The summed E-state index contributed by atoms with van der Waals surface area (Å²) in [7, 11) is 0. The van der Waals surface area contributed by atoms with E-state index in [1.54, 1.807) is 6.20 Å². The van der Waals surface area contributed by atoms with Gasteiger partial charge in [0.05, 0.1) is 18.1 Å². The fourth-order valence-electron chi connectivity index (χ4n) is 1.65. The average molecular weight is 216 g/mol. The second kappa shape index (κ2) is 5.92. The number of hydrogen-bond acceptors (Lipinski definition) is 3. The fourth-order valence-corrected chi connectivity index (χ4v) is 1.65. The molecule has 1 unspecified atom stereocenters. The lowest BCUT2D eigenvalue weighted by Crippen LogP contribution is -2.12. The van der Waals surface area contributed by atoms with E-state index in [-0.39, 0.29) is 5.92 Å². The first kappa shape index (κ1) is 12.3. The monoisotopic (exact) mass is 216 g/mol. The number of nitriles is 2. The molecule has 0 fully saturated rings. The number of aromatic nitrogens is 2. The highest BCUT2D eigenvalue weighted by Crippen LogP contribution is 2.15. The zero-order chi connectivity index (χ0) is 12.0. The van der Waals surface area contributed by atoms with Gasteiger partial charge in [-0.15, -0.1) is 0 Å². The van der Waals surface area contributed by atoms with E-state index in [1.807, 2.05) is 10.8 Å². The first-order valence-electron chi connectivity index (χ1n) is 5.46.